The molecule has 0 unspecified atom stereocenters. The van der Waals surface area contributed by atoms with Crippen LogP contribution in [-0.2, 0) is 14.4 Å². The summed E-state index contributed by atoms with van der Waals surface area (Å²) in [6.45, 7) is -0.121. The molecule has 1 aliphatic heterocycles. The third-order valence-corrected chi connectivity index (χ3v) is 4.33. The third-order valence-electron chi connectivity index (χ3n) is 4.33. The van der Waals surface area contributed by atoms with Crippen LogP contribution in [0.2, 0.25) is 0 Å². The number of likely N-dealkylation sites (N-methyl/N-ethyl adjacent to an activating group) is 1. The van der Waals surface area contributed by atoms with Gasteiger partial charge >= 0.3 is 0 Å². The number of likely N-dealkylation sites (tertiary alicyclic amines) is 1. The topological polar surface area (TPSA) is 69.7 Å². The highest BCUT2D eigenvalue weighted by molar-refractivity contribution is 5.88. The van der Waals surface area contributed by atoms with Crippen LogP contribution in [-0.4, -0.2) is 55.2 Å². The number of piperidine rings is 1. The van der Waals surface area contributed by atoms with E-state index in [0.29, 0.717) is 12.0 Å². The Morgan fingerprint density at radius 3 is 2.62 bits per heavy atom. The summed E-state index contributed by atoms with van der Waals surface area (Å²) >= 11 is 0. The average Bonchev–Trinajstić information content (AvgIpc) is 2.55. The summed E-state index contributed by atoms with van der Waals surface area (Å²) in [5, 5.41) is 2.60. The molecule has 6 nitrogen and oxygen atoms in total. The van der Waals surface area contributed by atoms with E-state index in [9.17, 15) is 18.8 Å². The maximum absolute atomic E-state index is 14.2. The van der Waals surface area contributed by atoms with Gasteiger partial charge in [0.25, 0.3) is 0 Å². The normalized spacial score (nSPS) is 20.7. The van der Waals surface area contributed by atoms with Crippen molar-refractivity contribution in [3.8, 4) is 0 Å². The van der Waals surface area contributed by atoms with Crippen LogP contribution in [0.3, 0.4) is 0 Å². The van der Waals surface area contributed by atoms with Gasteiger partial charge in [0.2, 0.25) is 17.7 Å². The van der Waals surface area contributed by atoms with E-state index in [1.807, 2.05) is 0 Å². The van der Waals surface area contributed by atoms with Gasteiger partial charge in [0.15, 0.2) is 0 Å². The van der Waals surface area contributed by atoms with Gasteiger partial charge in [-0.15, -0.1) is 0 Å². The lowest BCUT2D eigenvalue weighted by Crippen LogP contribution is -2.48. The van der Waals surface area contributed by atoms with Crippen LogP contribution in [0.15, 0.2) is 24.3 Å². The quantitative estimate of drug-likeness (QED) is 0.890. The Bertz CT molecular complexity index is 648. The number of rotatable bonds is 4. The monoisotopic (exact) mass is 335 g/mol. The first kappa shape index (κ1) is 17.9. The fourth-order valence-corrected chi connectivity index (χ4v) is 2.90. The number of hydrogen-bond acceptors (Lipinski definition) is 3. The highest BCUT2D eigenvalue weighted by Gasteiger charge is 2.40. The summed E-state index contributed by atoms with van der Waals surface area (Å²) in [5.41, 5.74) is 0.312. The summed E-state index contributed by atoms with van der Waals surface area (Å²) in [5.74, 6) is -1.76. The SMILES string of the molecule is CN(C)C(=O)CNC(=O)[C@@H]1CCC(=O)N(C)[C@H]1c1ccccc1F. The smallest absolute Gasteiger partial charge is 0.241 e. The molecule has 7 heteroatoms. The molecule has 1 saturated heterocycles. The van der Waals surface area contributed by atoms with Crippen LogP contribution in [0, 0.1) is 11.7 Å². The number of amides is 3. The Morgan fingerprint density at radius 2 is 2.00 bits per heavy atom. The fourth-order valence-electron chi connectivity index (χ4n) is 2.90. The van der Waals surface area contributed by atoms with E-state index in [0.717, 1.165) is 0 Å². The second kappa shape index (κ2) is 7.42. The van der Waals surface area contributed by atoms with E-state index in [4.69, 9.17) is 0 Å². The number of halogens is 1. The summed E-state index contributed by atoms with van der Waals surface area (Å²) in [7, 11) is 4.78. The Labute approximate surface area is 140 Å². The van der Waals surface area contributed by atoms with Crippen molar-refractivity contribution in [3.05, 3.63) is 35.6 Å². The molecule has 1 fully saturated rings. The molecule has 0 aromatic heterocycles. The molecule has 1 N–H and O–H groups in total. The molecule has 1 aliphatic rings. The summed E-state index contributed by atoms with van der Waals surface area (Å²) in [4.78, 5) is 39.0. The van der Waals surface area contributed by atoms with E-state index in [-0.39, 0.29) is 30.7 Å². The molecule has 0 radical (unpaired) electrons. The van der Waals surface area contributed by atoms with E-state index in [1.54, 1.807) is 39.3 Å². The minimum Gasteiger partial charge on any atom is -0.347 e. The molecule has 130 valence electrons. The minimum absolute atomic E-state index is 0.121. The van der Waals surface area contributed by atoms with Crippen molar-refractivity contribution < 1.29 is 18.8 Å². The molecule has 1 heterocycles. The van der Waals surface area contributed by atoms with Crippen molar-refractivity contribution in [2.24, 2.45) is 5.92 Å². The lowest BCUT2D eigenvalue weighted by Gasteiger charge is -2.38. The highest BCUT2D eigenvalue weighted by atomic mass is 19.1. The molecule has 0 saturated carbocycles. The van der Waals surface area contributed by atoms with Crippen LogP contribution in [0.1, 0.15) is 24.4 Å². The number of benzene rings is 1. The molecule has 1 aromatic carbocycles. The molecule has 24 heavy (non-hydrogen) atoms. The van der Waals surface area contributed by atoms with Crippen molar-refractivity contribution >= 4 is 17.7 Å². The van der Waals surface area contributed by atoms with Crippen molar-refractivity contribution in [3.63, 3.8) is 0 Å². The molecule has 2 atom stereocenters. The van der Waals surface area contributed by atoms with Crippen molar-refractivity contribution in [1.29, 1.82) is 0 Å². The van der Waals surface area contributed by atoms with Crippen LogP contribution in [0.5, 0.6) is 0 Å². The van der Waals surface area contributed by atoms with E-state index < -0.39 is 17.8 Å². The first-order chi connectivity index (χ1) is 11.3. The van der Waals surface area contributed by atoms with Crippen LogP contribution in [0.4, 0.5) is 4.39 Å². The largest absolute Gasteiger partial charge is 0.347 e. The molecule has 3 amide bonds. The van der Waals surface area contributed by atoms with Crippen LogP contribution in [0.25, 0.3) is 0 Å². The van der Waals surface area contributed by atoms with E-state index >= 15 is 0 Å². The summed E-state index contributed by atoms with van der Waals surface area (Å²) < 4.78 is 14.2. The average molecular weight is 335 g/mol. The first-order valence-electron chi connectivity index (χ1n) is 7.81. The number of nitrogens with one attached hydrogen (secondary N) is 1. The van der Waals surface area contributed by atoms with Gasteiger partial charge in [0.05, 0.1) is 18.5 Å². The predicted octanol–water partition coefficient (Wildman–Crippen LogP) is 0.940. The zero-order valence-electron chi connectivity index (χ0n) is 14.1. The molecular weight excluding hydrogens is 313 g/mol. The van der Waals surface area contributed by atoms with Gasteiger partial charge in [-0.25, -0.2) is 4.39 Å². The van der Waals surface area contributed by atoms with Crippen LogP contribution < -0.4 is 5.32 Å². The minimum atomic E-state index is -0.679. The molecule has 0 aliphatic carbocycles. The summed E-state index contributed by atoms with van der Waals surface area (Å²) in [6, 6.07) is 5.46. The number of carbonyl (C=O) groups is 3. The second-order valence-corrected chi connectivity index (χ2v) is 6.12. The maximum atomic E-state index is 14.2. The predicted molar refractivity (Wildman–Crippen MR) is 86.3 cm³/mol. The van der Waals surface area contributed by atoms with Crippen LogP contribution >= 0.6 is 0 Å². The Kier molecular flexibility index (Phi) is 5.54. The van der Waals surface area contributed by atoms with Gasteiger partial charge in [-0.1, -0.05) is 18.2 Å². The molecule has 1 aromatic rings. The van der Waals surface area contributed by atoms with Gasteiger partial charge in [0.1, 0.15) is 5.82 Å². The first-order valence-corrected chi connectivity index (χ1v) is 7.81. The maximum Gasteiger partial charge on any atom is 0.241 e. The van der Waals surface area contributed by atoms with Crippen molar-refractivity contribution in [2.75, 3.05) is 27.7 Å². The second-order valence-electron chi connectivity index (χ2n) is 6.12. The molecule has 0 bridgehead atoms. The van der Waals surface area contributed by atoms with Gasteiger partial charge in [-0.3, -0.25) is 14.4 Å². The Balaban J connectivity index is 2.22. The summed E-state index contributed by atoms with van der Waals surface area (Å²) in [6.07, 6.45) is 0.547. The fraction of sp³-hybridized carbons (Fsp3) is 0.471. The lowest BCUT2D eigenvalue weighted by atomic mass is 9.83. The third kappa shape index (κ3) is 3.72. The van der Waals surface area contributed by atoms with Gasteiger partial charge in [-0.2, -0.15) is 0 Å². The molecule has 0 spiro atoms. The Hall–Kier alpha value is -2.44. The highest BCUT2D eigenvalue weighted by Crippen LogP contribution is 2.36. The number of nitrogens with zero attached hydrogens (tertiary/aromatic N) is 2. The standard InChI is InChI=1S/C17H22FN3O3/c1-20(2)15(23)10-19-17(24)12-8-9-14(22)21(3)16(12)11-6-4-5-7-13(11)18/h4-7,12,16H,8-10H2,1-3H3,(H,19,24)/t12-,16+/m1/s1. The zero-order valence-corrected chi connectivity index (χ0v) is 14.1. The van der Waals surface area contributed by atoms with E-state index in [1.165, 1.54) is 15.9 Å². The number of carbonyl (C=O) groups excluding carboxylic acids is 3. The zero-order chi connectivity index (χ0) is 17.9. The van der Waals surface area contributed by atoms with E-state index in [2.05, 4.69) is 5.32 Å². The number of hydrogen-bond donors (Lipinski definition) is 1. The molecule has 2 rings (SSSR count). The lowest BCUT2D eigenvalue weighted by molar-refractivity contribution is -0.142. The van der Waals surface area contributed by atoms with Gasteiger partial charge < -0.3 is 15.1 Å². The van der Waals surface area contributed by atoms with Gasteiger partial charge in [0, 0.05) is 33.1 Å². The van der Waals surface area contributed by atoms with Crippen molar-refractivity contribution in [1.82, 2.24) is 15.1 Å². The Morgan fingerprint density at radius 1 is 1.33 bits per heavy atom. The van der Waals surface area contributed by atoms with Crippen molar-refractivity contribution in [2.45, 2.75) is 18.9 Å². The molecular formula is C17H22FN3O3. The van der Waals surface area contributed by atoms with Gasteiger partial charge in [-0.05, 0) is 12.5 Å².